The van der Waals surface area contributed by atoms with E-state index in [2.05, 4.69) is 62.5 Å². The first-order chi connectivity index (χ1) is 15.3. The van der Waals surface area contributed by atoms with Gasteiger partial charge in [-0.15, -0.1) is 11.3 Å². The van der Waals surface area contributed by atoms with Gasteiger partial charge < -0.3 is 14.5 Å². The van der Waals surface area contributed by atoms with Gasteiger partial charge in [-0.1, -0.05) is 42.5 Å². The normalized spacial score (nSPS) is 16.4. The fourth-order valence-electron chi connectivity index (χ4n) is 4.36. The molecule has 5 rings (SSSR count). The Bertz CT molecular complexity index is 1040. The highest BCUT2D eigenvalue weighted by Crippen LogP contribution is 2.39. The zero-order valence-electron chi connectivity index (χ0n) is 17.9. The van der Waals surface area contributed by atoms with E-state index in [4.69, 9.17) is 9.73 Å². The van der Waals surface area contributed by atoms with Gasteiger partial charge in [0.2, 0.25) is 0 Å². The molecule has 160 valence electrons. The number of thiophene rings is 1. The van der Waals surface area contributed by atoms with Gasteiger partial charge in [-0.05, 0) is 17.7 Å². The minimum atomic E-state index is 0.938. The molecule has 0 amide bonds. The van der Waals surface area contributed by atoms with E-state index in [0.717, 1.165) is 57.3 Å². The smallest absolute Gasteiger partial charge is 0.142 e. The number of nitrogens with zero attached hydrogens (tertiary/aromatic N) is 4. The average Bonchev–Trinajstić information content (AvgIpc) is 3.27. The number of aliphatic imine (C=N–C) groups is 1. The molecule has 3 aromatic rings. The second kappa shape index (κ2) is 9.12. The number of fused-ring (bicyclic) bond motifs is 1. The molecule has 2 aliphatic rings. The molecular weight excluding hydrogens is 404 g/mol. The Morgan fingerprint density at radius 3 is 2.52 bits per heavy atom. The second-order valence-electron chi connectivity index (χ2n) is 8.01. The zero-order chi connectivity index (χ0) is 21.0. The van der Waals surface area contributed by atoms with E-state index in [9.17, 15) is 0 Å². The number of anilines is 1. The van der Waals surface area contributed by atoms with Crippen molar-refractivity contribution >= 4 is 29.1 Å². The first kappa shape index (κ1) is 20.1. The van der Waals surface area contributed by atoms with Crippen LogP contribution in [0.3, 0.4) is 0 Å². The minimum absolute atomic E-state index is 0.938. The van der Waals surface area contributed by atoms with Gasteiger partial charge in [-0.2, -0.15) is 0 Å². The largest absolute Gasteiger partial charge is 0.495 e. The maximum atomic E-state index is 5.54. The van der Waals surface area contributed by atoms with Crippen LogP contribution in [0.4, 0.5) is 11.4 Å². The van der Waals surface area contributed by atoms with Crippen molar-refractivity contribution < 1.29 is 4.74 Å². The second-order valence-corrected chi connectivity index (χ2v) is 8.89. The molecule has 0 spiro atoms. The number of benzene rings is 2. The monoisotopic (exact) mass is 432 g/mol. The third-order valence-corrected chi connectivity index (χ3v) is 7.19. The fraction of sp³-hybridized carbons (Fsp3) is 0.320. The Kier molecular flexibility index (Phi) is 5.91. The molecule has 1 saturated heterocycles. The maximum absolute atomic E-state index is 5.54. The molecule has 3 heterocycles. The van der Waals surface area contributed by atoms with Crippen LogP contribution in [-0.4, -0.2) is 62.5 Å². The van der Waals surface area contributed by atoms with Crippen LogP contribution in [-0.2, 0) is 6.54 Å². The minimum Gasteiger partial charge on any atom is -0.495 e. The Balaban J connectivity index is 1.16. The van der Waals surface area contributed by atoms with Crippen LogP contribution in [0.5, 0.6) is 5.75 Å². The van der Waals surface area contributed by atoms with Crippen molar-refractivity contribution in [3.05, 3.63) is 65.5 Å². The molecule has 5 nitrogen and oxygen atoms in total. The predicted molar refractivity (Wildman–Crippen MR) is 130 cm³/mol. The van der Waals surface area contributed by atoms with Crippen molar-refractivity contribution in [2.24, 2.45) is 4.99 Å². The van der Waals surface area contributed by atoms with Crippen molar-refractivity contribution in [2.75, 3.05) is 51.3 Å². The van der Waals surface area contributed by atoms with Gasteiger partial charge >= 0.3 is 0 Å². The number of hydrogen-bond donors (Lipinski definition) is 0. The lowest BCUT2D eigenvalue weighted by atomic mass is 10.1. The van der Waals surface area contributed by atoms with Crippen molar-refractivity contribution in [2.45, 2.75) is 6.54 Å². The van der Waals surface area contributed by atoms with Crippen LogP contribution in [0.15, 0.2) is 65.0 Å². The highest BCUT2D eigenvalue weighted by molar-refractivity contribution is 7.14. The van der Waals surface area contributed by atoms with Crippen molar-refractivity contribution in [3.63, 3.8) is 0 Å². The van der Waals surface area contributed by atoms with Crippen LogP contribution in [0.25, 0.3) is 10.4 Å². The number of para-hydroxylation sites is 2. The lowest BCUT2D eigenvalue weighted by Gasteiger charge is -2.37. The van der Waals surface area contributed by atoms with E-state index < -0.39 is 0 Å². The molecule has 0 N–H and O–H groups in total. The SMILES string of the molecule is COc1ccccc1N1CCN(CCN2C=Nc3csc(-c4ccccc4)c3C2)CC1. The predicted octanol–water partition coefficient (Wildman–Crippen LogP) is 4.72. The molecular formula is C25H28N4OS. The number of ether oxygens (including phenoxy) is 1. The molecule has 6 heteroatoms. The molecule has 1 aromatic heterocycles. The summed E-state index contributed by atoms with van der Waals surface area (Å²) in [6, 6.07) is 19.0. The van der Waals surface area contributed by atoms with Crippen molar-refractivity contribution in [1.82, 2.24) is 9.80 Å². The lowest BCUT2D eigenvalue weighted by Crippen LogP contribution is -2.48. The van der Waals surface area contributed by atoms with Crippen LogP contribution in [0.1, 0.15) is 5.56 Å². The van der Waals surface area contributed by atoms with Crippen LogP contribution < -0.4 is 9.64 Å². The highest BCUT2D eigenvalue weighted by atomic mass is 32.1. The highest BCUT2D eigenvalue weighted by Gasteiger charge is 2.22. The molecule has 0 aliphatic carbocycles. The molecule has 0 bridgehead atoms. The Morgan fingerprint density at radius 1 is 0.935 bits per heavy atom. The van der Waals surface area contributed by atoms with E-state index in [1.807, 2.05) is 18.5 Å². The molecule has 0 saturated carbocycles. The number of hydrogen-bond acceptors (Lipinski definition) is 6. The third-order valence-electron chi connectivity index (χ3n) is 6.13. The molecule has 0 radical (unpaired) electrons. The van der Waals surface area contributed by atoms with Gasteiger partial charge in [0.1, 0.15) is 5.75 Å². The van der Waals surface area contributed by atoms with Gasteiger partial charge in [0.25, 0.3) is 0 Å². The van der Waals surface area contributed by atoms with E-state index >= 15 is 0 Å². The van der Waals surface area contributed by atoms with Gasteiger partial charge in [0.05, 0.1) is 24.8 Å². The average molecular weight is 433 g/mol. The summed E-state index contributed by atoms with van der Waals surface area (Å²) in [6.45, 7) is 7.20. The summed E-state index contributed by atoms with van der Waals surface area (Å²) >= 11 is 1.80. The van der Waals surface area contributed by atoms with Gasteiger partial charge in [0.15, 0.2) is 0 Å². The molecule has 1 fully saturated rings. The van der Waals surface area contributed by atoms with Crippen LogP contribution >= 0.6 is 11.3 Å². The van der Waals surface area contributed by atoms with Gasteiger partial charge in [-0.25, -0.2) is 4.99 Å². The molecule has 31 heavy (non-hydrogen) atoms. The Hall–Kier alpha value is -2.83. The van der Waals surface area contributed by atoms with E-state index in [1.165, 1.54) is 21.7 Å². The van der Waals surface area contributed by atoms with E-state index in [0.29, 0.717) is 0 Å². The summed E-state index contributed by atoms with van der Waals surface area (Å²) in [5.41, 5.74) is 4.98. The maximum Gasteiger partial charge on any atom is 0.142 e. The van der Waals surface area contributed by atoms with E-state index in [-0.39, 0.29) is 0 Å². The standard InChI is InChI=1S/C25H28N4OS/c1-30-24-10-6-5-9-23(24)29-15-13-27(14-16-29)11-12-28-17-21-22(26-19-28)18-31-25(21)20-7-3-2-4-8-20/h2-10,18-19H,11-17H2,1H3. The summed E-state index contributed by atoms with van der Waals surface area (Å²) in [5.74, 6) is 0.960. The Labute approximate surface area is 188 Å². The Morgan fingerprint density at radius 2 is 1.71 bits per heavy atom. The van der Waals surface area contributed by atoms with Crippen LogP contribution in [0, 0.1) is 0 Å². The fourth-order valence-corrected chi connectivity index (χ4v) is 5.38. The first-order valence-electron chi connectivity index (χ1n) is 10.9. The first-order valence-corrected chi connectivity index (χ1v) is 11.7. The number of methoxy groups -OCH3 is 1. The third kappa shape index (κ3) is 4.31. The molecule has 0 atom stereocenters. The molecule has 2 aliphatic heterocycles. The van der Waals surface area contributed by atoms with Crippen molar-refractivity contribution in [3.8, 4) is 16.2 Å². The summed E-state index contributed by atoms with van der Waals surface area (Å²) in [5, 5.41) is 2.18. The number of piperazine rings is 1. The quantitative estimate of drug-likeness (QED) is 0.564. The number of rotatable bonds is 6. The summed E-state index contributed by atoms with van der Waals surface area (Å²) in [7, 11) is 1.75. The summed E-state index contributed by atoms with van der Waals surface area (Å²) < 4.78 is 5.54. The van der Waals surface area contributed by atoms with Crippen LogP contribution in [0.2, 0.25) is 0 Å². The summed E-state index contributed by atoms with van der Waals surface area (Å²) in [4.78, 5) is 13.4. The molecule has 0 unspecified atom stereocenters. The van der Waals surface area contributed by atoms with E-state index in [1.54, 1.807) is 18.4 Å². The molecule has 2 aromatic carbocycles. The summed E-state index contributed by atoms with van der Waals surface area (Å²) in [6.07, 6.45) is 2.02. The van der Waals surface area contributed by atoms with Gasteiger partial charge in [0, 0.05) is 61.6 Å². The topological polar surface area (TPSA) is 31.3 Å². The van der Waals surface area contributed by atoms with Crippen molar-refractivity contribution in [1.29, 1.82) is 0 Å². The zero-order valence-corrected chi connectivity index (χ0v) is 18.7. The van der Waals surface area contributed by atoms with Gasteiger partial charge in [-0.3, -0.25) is 4.90 Å². The lowest BCUT2D eigenvalue weighted by molar-refractivity contribution is 0.233.